The summed E-state index contributed by atoms with van der Waals surface area (Å²) in [5, 5.41) is 5.61. The van der Waals surface area contributed by atoms with Gasteiger partial charge in [0, 0.05) is 18.7 Å². The van der Waals surface area contributed by atoms with E-state index in [1.807, 2.05) is 6.92 Å². The summed E-state index contributed by atoms with van der Waals surface area (Å²) in [6.07, 6.45) is -4.38. The number of halogens is 4. The zero-order chi connectivity index (χ0) is 19.2. The highest BCUT2D eigenvalue weighted by Crippen LogP contribution is 2.33. The van der Waals surface area contributed by atoms with Crippen LogP contribution in [0.5, 0.6) is 5.75 Å². The maximum absolute atomic E-state index is 12.7. The van der Waals surface area contributed by atoms with Gasteiger partial charge in [-0.2, -0.15) is 13.2 Å². The predicted octanol–water partition coefficient (Wildman–Crippen LogP) is 5.20. The lowest BCUT2D eigenvalue weighted by atomic mass is 10.2. The number of hydrogen-bond donors (Lipinski definition) is 2. The fourth-order valence-electron chi connectivity index (χ4n) is 2.17. The quantitative estimate of drug-likeness (QED) is 0.687. The van der Waals surface area contributed by atoms with Crippen LogP contribution in [0.3, 0.4) is 0 Å². The third-order valence-electron chi connectivity index (χ3n) is 3.41. The second kappa shape index (κ2) is 8.80. The van der Waals surface area contributed by atoms with E-state index in [2.05, 4.69) is 10.6 Å². The van der Waals surface area contributed by atoms with Gasteiger partial charge in [0.05, 0.1) is 22.9 Å². The normalized spacial score (nSPS) is 11.1. The monoisotopic (exact) mass is 386 g/mol. The summed E-state index contributed by atoms with van der Waals surface area (Å²) in [5.74, 6) is 0.427. The zero-order valence-corrected chi connectivity index (χ0v) is 14.7. The summed E-state index contributed by atoms with van der Waals surface area (Å²) < 4.78 is 43.5. The first kappa shape index (κ1) is 19.9. The van der Waals surface area contributed by atoms with Crippen molar-refractivity contribution in [1.29, 1.82) is 0 Å². The second-order valence-corrected chi connectivity index (χ2v) is 5.78. The average Bonchev–Trinajstić information content (AvgIpc) is 2.57. The minimum Gasteiger partial charge on any atom is -0.494 e. The van der Waals surface area contributed by atoms with Crippen molar-refractivity contribution in [3.63, 3.8) is 0 Å². The highest BCUT2D eigenvalue weighted by Gasteiger charge is 2.30. The maximum Gasteiger partial charge on any atom is 0.416 e. The van der Waals surface area contributed by atoms with E-state index in [1.54, 1.807) is 24.3 Å². The Morgan fingerprint density at radius 1 is 1.15 bits per heavy atom. The number of alkyl halides is 3. The van der Waals surface area contributed by atoms with Gasteiger partial charge in [-0.15, -0.1) is 0 Å². The summed E-state index contributed by atoms with van der Waals surface area (Å²) in [4.78, 5) is 11.9. The first-order chi connectivity index (χ1) is 12.3. The highest BCUT2D eigenvalue weighted by molar-refractivity contribution is 6.33. The Labute approximate surface area is 154 Å². The lowest BCUT2D eigenvalue weighted by Crippen LogP contribution is -2.16. The number of rotatable bonds is 7. The molecule has 8 heteroatoms. The molecule has 0 spiro atoms. The fraction of sp³-hybridized carbons (Fsp3) is 0.278. The SMILES string of the molecule is CCOc1ccc(NC(=O)CCNc2cc(C(F)(F)F)ccc2Cl)cc1. The van der Waals surface area contributed by atoms with Crippen LogP contribution in [0.15, 0.2) is 42.5 Å². The van der Waals surface area contributed by atoms with E-state index >= 15 is 0 Å². The number of amides is 1. The molecule has 2 rings (SSSR count). The van der Waals surface area contributed by atoms with Gasteiger partial charge in [0.15, 0.2) is 0 Å². The third kappa shape index (κ3) is 5.84. The Morgan fingerprint density at radius 2 is 1.85 bits per heavy atom. The Bertz CT molecular complexity index is 749. The largest absolute Gasteiger partial charge is 0.494 e. The molecule has 4 nitrogen and oxygen atoms in total. The number of benzene rings is 2. The fourth-order valence-corrected chi connectivity index (χ4v) is 2.36. The van der Waals surface area contributed by atoms with Crippen LogP contribution < -0.4 is 15.4 Å². The third-order valence-corrected chi connectivity index (χ3v) is 3.74. The van der Waals surface area contributed by atoms with Crippen molar-refractivity contribution in [2.45, 2.75) is 19.5 Å². The van der Waals surface area contributed by atoms with E-state index < -0.39 is 11.7 Å². The predicted molar refractivity (Wildman–Crippen MR) is 95.8 cm³/mol. The minimum absolute atomic E-state index is 0.0692. The van der Waals surface area contributed by atoms with Crippen LogP contribution in [0.2, 0.25) is 5.02 Å². The van der Waals surface area contributed by atoms with E-state index in [4.69, 9.17) is 16.3 Å². The summed E-state index contributed by atoms with van der Waals surface area (Å²) in [6.45, 7) is 2.57. The van der Waals surface area contributed by atoms with Gasteiger partial charge < -0.3 is 15.4 Å². The second-order valence-electron chi connectivity index (χ2n) is 5.37. The summed E-state index contributed by atoms with van der Waals surface area (Å²) in [5.41, 5.74) is -0.0610. The van der Waals surface area contributed by atoms with Crippen molar-refractivity contribution in [2.75, 3.05) is 23.8 Å². The molecule has 0 aliphatic carbocycles. The van der Waals surface area contributed by atoms with Crippen LogP contribution in [0.1, 0.15) is 18.9 Å². The van der Waals surface area contributed by atoms with Gasteiger partial charge in [-0.05, 0) is 49.4 Å². The van der Waals surface area contributed by atoms with E-state index in [-0.39, 0.29) is 29.6 Å². The van der Waals surface area contributed by atoms with E-state index in [9.17, 15) is 18.0 Å². The molecule has 0 bridgehead atoms. The molecular formula is C18H18ClF3N2O2. The molecule has 0 heterocycles. The van der Waals surface area contributed by atoms with Crippen LogP contribution in [0.25, 0.3) is 0 Å². The van der Waals surface area contributed by atoms with Gasteiger partial charge in [-0.25, -0.2) is 0 Å². The van der Waals surface area contributed by atoms with Gasteiger partial charge in [0.1, 0.15) is 5.75 Å². The number of ether oxygens (including phenoxy) is 1. The van der Waals surface area contributed by atoms with Gasteiger partial charge in [0.2, 0.25) is 5.91 Å². The summed E-state index contributed by atoms with van der Waals surface area (Å²) in [7, 11) is 0. The number of carbonyl (C=O) groups is 1. The topological polar surface area (TPSA) is 50.4 Å². The lowest BCUT2D eigenvalue weighted by Gasteiger charge is -2.12. The molecule has 0 saturated heterocycles. The smallest absolute Gasteiger partial charge is 0.416 e. The number of anilines is 2. The Hall–Kier alpha value is -2.41. The molecule has 1 amide bonds. The lowest BCUT2D eigenvalue weighted by molar-refractivity contribution is -0.137. The number of hydrogen-bond acceptors (Lipinski definition) is 3. The molecule has 0 atom stereocenters. The van der Waals surface area contributed by atoms with Gasteiger partial charge >= 0.3 is 6.18 Å². The molecule has 0 radical (unpaired) electrons. The van der Waals surface area contributed by atoms with Crippen molar-refractivity contribution in [1.82, 2.24) is 0 Å². The van der Waals surface area contributed by atoms with Crippen molar-refractivity contribution < 1.29 is 22.7 Å². The first-order valence-electron chi connectivity index (χ1n) is 7.93. The number of carbonyl (C=O) groups excluding carboxylic acids is 1. The average molecular weight is 387 g/mol. The molecule has 2 aromatic carbocycles. The van der Waals surface area contributed by atoms with E-state index in [0.29, 0.717) is 18.0 Å². The molecule has 26 heavy (non-hydrogen) atoms. The summed E-state index contributed by atoms with van der Waals surface area (Å²) in [6, 6.07) is 9.89. The van der Waals surface area contributed by atoms with Crippen molar-refractivity contribution in [3.8, 4) is 5.75 Å². The molecule has 0 saturated carbocycles. The molecular weight excluding hydrogens is 369 g/mol. The van der Waals surface area contributed by atoms with Crippen LogP contribution in [0.4, 0.5) is 24.5 Å². The molecule has 0 fully saturated rings. The molecule has 0 unspecified atom stereocenters. The van der Waals surface area contributed by atoms with Gasteiger partial charge in [0.25, 0.3) is 0 Å². The molecule has 2 N–H and O–H groups in total. The van der Waals surface area contributed by atoms with Gasteiger partial charge in [-0.3, -0.25) is 4.79 Å². The van der Waals surface area contributed by atoms with Crippen LogP contribution >= 0.6 is 11.6 Å². The molecule has 0 aromatic heterocycles. The highest BCUT2D eigenvalue weighted by atomic mass is 35.5. The molecule has 0 aliphatic heterocycles. The van der Waals surface area contributed by atoms with Crippen molar-refractivity contribution in [3.05, 3.63) is 53.1 Å². The van der Waals surface area contributed by atoms with Crippen LogP contribution in [-0.2, 0) is 11.0 Å². The number of nitrogens with one attached hydrogen (secondary N) is 2. The Morgan fingerprint density at radius 3 is 2.46 bits per heavy atom. The van der Waals surface area contributed by atoms with E-state index in [0.717, 1.165) is 12.1 Å². The van der Waals surface area contributed by atoms with Crippen molar-refractivity contribution >= 4 is 28.9 Å². The molecule has 0 aliphatic rings. The molecule has 2 aromatic rings. The van der Waals surface area contributed by atoms with E-state index in [1.165, 1.54) is 6.07 Å². The van der Waals surface area contributed by atoms with Crippen LogP contribution in [0, 0.1) is 0 Å². The maximum atomic E-state index is 12.7. The Balaban J connectivity index is 1.86. The van der Waals surface area contributed by atoms with Crippen LogP contribution in [-0.4, -0.2) is 19.1 Å². The first-order valence-corrected chi connectivity index (χ1v) is 8.30. The standard InChI is InChI=1S/C18H18ClF3N2O2/c1-2-26-14-6-4-13(5-7-14)24-17(25)9-10-23-16-11-12(18(20,21)22)3-8-15(16)19/h3-8,11,23H,2,9-10H2,1H3,(H,24,25). The Kier molecular flexibility index (Phi) is 6.74. The zero-order valence-electron chi connectivity index (χ0n) is 14.0. The molecule has 140 valence electrons. The summed E-state index contributed by atoms with van der Waals surface area (Å²) >= 11 is 5.89. The van der Waals surface area contributed by atoms with Crippen molar-refractivity contribution in [2.24, 2.45) is 0 Å². The minimum atomic E-state index is -4.45. The van der Waals surface area contributed by atoms with Gasteiger partial charge in [-0.1, -0.05) is 11.6 Å².